The van der Waals surface area contributed by atoms with E-state index in [2.05, 4.69) is 40.0 Å². The lowest BCUT2D eigenvalue weighted by Crippen LogP contribution is -2.22. The van der Waals surface area contributed by atoms with E-state index in [1.54, 1.807) is 16.6 Å². The van der Waals surface area contributed by atoms with Gasteiger partial charge in [-0.3, -0.25) is 0 Å². The number of aromatic amines is 1. The van der Waals surface area contributed by atoms with Crippen LogP contribution < -0.4 is 0 Å². The van der Waals surface area contributed by atoms with Gasteiger partial charge in [0.15, 0.2) is 11.5 Å². The van der Waals surface area contributed by atoms with Crippen molar-refractivity contribution >= 4 is 27.8 Å². The van der Waals surface area contributed by atoms with Gasteiger partial charge in [-0.2, -0.15) is 14.6 Å². The number of halogens is 1. The summed E-state index contributed by atoms with van der Waals surface area (Å²) in [5, 5.41) is 14.6. The van der Waals surface area contributed by atoms with E-state index in [4.69, 9.17) is 10.1 Å². The molecule has 1 N–H and O–H groups in total. The maximum absolute atomic E-state index is 13.3. The largest absolute Gasteiger partial charge is 0.337 e. The third-order valence-electron chi connectivity index (χ3n) is 6.87. The topological polar surface area (TPSA) is 75.0 Å². The van der Waals surface area contributed by atoms with Gasteiger partial charge >= 0.3 is 0 Å². The molecule has 1 saturated heterocycles. The maximum Gasteiger partial charge on any atom is 0.273 e. The first-order valence-electron chi connectivity index (χ1n) is 11.6. The predicted molar refractivity (Wildman–Crippen MR) is 126 cm³/mol. The molecule has 1 aliphatic rings. The van der Waals surface area contributed by atoms with Gasteiger partial charge in [0.1, 0.15) is 11.3 Å². The number of fused-ring (bicyclic) bond motifs is 4. The van der Waals surface area contributed by atoms with Gasteiger partial charge in [-0.05, 0) is 80.6 Å². The van der Waals surface area contributed by atoms with Crippen molar-refractivity contribution in [3.63, 3.8) is 0 Å². The van der Waals surface area contributed by atoms with Gasteiger partial charge in [0.25, 0.3) is 5.78 Å². The third kappa shape index (κ3) is 3.54. The van der Waals surface area contributed by atoms with Gasteiger partial charge in [-0.1, -0.05) is 18.2 Å². The Labute approximate surface area is 190 Å². The molecule has 6 rings (SSSR count). The number of aromatic nitrogens is 6. The molecule has 168 valence electrons. The highest BCUT2D eigenvalue weighted by Gasteiger charge is 2.19. The van der Waals surface area contributed by atoms with Gasteiger partial charge < -0.3 is 9.88 Å². The van der Waals surface area contributed by atoms with Crippen molar-refractivity contribution in [2.24, 2.45) is 0 Å². The molecule has 7 nitrogen and oxygen atoms in total. The Morgan fingerprint density at radius 3 is 2.64 bits per heavy atom. The van der Waals surface area contributed by atoms with Gasteiger partial charge in [0.2, 0.25) is 0 Å². The molecule has 0 bridgehead atoms. The molecular formula is C25H26FN7. The molecule has 0 spiro atoms. The Hall–Kier alpha value is -3.39. The van der Waals surface area contributed by atoms with Crippen LogP contribution in [0.1, 0.15) is 40.9 Å². The zero-order chi connectivity index (χ0) is 22.5. The van der Waals surface area contributed by atoms with Crippen LogP contribution in [0.25, 0.3) is 27.8 Å². The van der Waals surface area contributed by atoms with E-state index >= 15 is 0 Å². The van der Waals surface area contributed by atoms with Crippen molar-refractivity contribution in [1.29, 1.82) is 0 Å². The second-order valence-electron chi connectivity index (χ2n) is 9.09. The minimum Gasteiger partial charge on any atom is -0.337 e. The predicted octanol–water partition coefficient (Wildman–Crippen LogP) is 4.14. The van der Waals surface area contributed by atoms with Gasteiger partial charge in [0, 0.05) is 18.4 Å². The van der Waals surface area contributed by atoms with Crippen molar-refractivity contribution in [3.05, 3.63) is 64.2 Å². The van der Waals surface area contributed by atoms with E-state index in [-0.39, 0.29) is 5.82 Å². The van der Waals surface area contributed by atoms with Crippen LogP contribution in [0.3, 0.4) is 0 Å². The lowest BCUT2D eigenvalue weighted by atomic mass is 9.98. The van der Waals surface area contributed by atoms with E-state index < -0.39 is 0 Å². The Kier molecular flexibility index (Phi) is 4.83. The SMILES string of the molecule is Cc1cc(CCN2CCCC2)c(C)c2c1[nH]c1nc3nnc(Cc4ccc(F)cc4)n3nc12. The normalized spacial score (nSPS) is 14.9. The lowest BCUT2D eigenvalue weighted by Gasteiger charge is -2.16. The van der Waals surface area contributed by atoms with Crippen molar-refractivity contribution in [3.8, 4) is 0 Å². The zero-order valence-corrected chi connectivity index (χ0v) is 18.9. The smallest absolute Gasteiger partial charge is 0.273 e. The number of aryl methyl sites for hydroxylation is 2. The number of likely N-dealkylation sites (tertiary alicyclic amines) is 1. The first kappa shape index (κ1) is 20.2. The van der Waals surface area contributed by atoms with Crippen LogP contribution in [0.2, 0.25) is 0 Å². The number of benzene rings is 2. The van der Waals surface area contributed by atoms with E-state index in [1.807, 2.05) is 0 Å². The van der Waals surface area contributed by atoms with Crippen LogP contribution in [0.4, 0.5) is 4.39 Å². The molecule has 0 saturated carbocycles. The minimum absolute atomic E-state index is 0.253. The molecule has 0 aliphatic carbocycles. The van der Waals surface area contributed by atoms with Crippen LogP contribution in [0, 0.1) is 19.7 Å². The summed E-state index contributed by atoms with van der Waals surface area (Å²) in [5.74, 6) is 0.882. The van der Waals surface area contributed by atoms with E-state index in [0.29, 0.717) is 18.0 Å². The highest BCUT2D eigenvalue weighted by atomic mass is 19.1. The number of nitrogens with one attached hydrogen (secondary N) is 1. The molecule has 1 aliphatic heterocycles. The van der Waals surface area contributed by atoms with Crippen LogP contribution in [-0.4, -0.2) is 54.3 Å². The Morgan fingerprint density at radius 2 is 1.85 bits per heavy atom. The summed E-state index contributed by atoms with van der Waals surface area (Å²) in [6.45, 7) is 7.84. The summed E-state index contributed by atoms with van der Waals surface area (Å²) in [6, 6.07) is 8.73. The number of H-pyrrole nitrogens is 1. The molecule has 5 aromatic rings. The fraction of sp³-hybridized carbons (Fsp3) is 0.360. The first-order chi connectivity index (χ1) is 16.1. The second-order valence-corrected chi connectivity index (χ2v) is 9.09. The Morgan fingerprint density at radius 1 is 1.06 bits per heavy atom. The average Bonchev–Trinajstić information content (AvgIpc) is 3.54. The minimum atomic E-state index is -0.253. The van der Waals surface area contributed by atoms with Crippen molar-refractivity contribution in [1.82, 2.24) is 34.7 Å². The second kappa shape index (κ2) is 7.88. The van der Waals surface area contributed by atoms with Gasteiger partial charge in [0.05, 0.1) is 5.52 Å². The average molecular weight is 444 g/mol. The maximum atomic E-state index is 13.3. The quantitative estimate of drug-likeness (QED) is 0.442. The van der Waals surface area contributed by atoms with Crippen LogP contribution >= 0.6 is 0 Å². The van der Waals surface area contributed by atoms with Gasteiger partial charge in [-0.25, -0.2) is 4.39 Å². The number of hydrogen-bond acceptors (Lipinski definition) is 5. The fourth-order valence-electron chi connectivity index (χ4n) is 5.03. The van der Waals surface area contributed by atoms with E-state index in [9.17, 15) is 4.39 Å². The summed E-state index contributed by atoms with van der Waals surface area (Å²) >= 11 is 0. The summed E-state index contributed by atoms with van der Waals surface area (Å²) in [7, 11) is 0. The summed E-state index contributed by atoms with van der Waals surface area (Å²) < 4.78 is 15.0. The summed E-state index contributed by atoms with van der Waals surface area (Å²) in [6.07, 6.45) is 4.16. The molecule has 0 unspecified atom stereocenters. The van der Waals surface area contributed by atoms with E-state index in [1.165, 1.54) is 54.8 Å². The van der Waals surface area contributed by atoms with E-state index in [0.717, 1.165) is 40.6 Å². The Balaban J connectivity index is 1.44. The van der Waals surface area contributed by atoms with Crippen LogP contribution in [-0.2, 0) is 12.8 Å². The first-order valence-corrected chi connectivity index (χ1v) is 11.6. The molecular weight excluding hydrogens is 417 g/mol. The number of hydrogen-bond donors (Lipinski definition) is 1. The molecule has 2 aromatic carbocycles. The molecule has 0 atom stereocenters. The molecule has 33 heavy (non-hydrogen) atoms. The molecule has 0 amide bonds. The van der Waals surface area contributed by atoms with Crippen LogP contribution in [0.5, 0.6) is 0 Å². The van der Waals surface area contributed by atoms with Crippen LogP contribution in [0.15, 0.2) is 30.3 Å². The molecule has 8 heteroatoms. The zero-order valence-electron chi connectivity index (χ0n) is 18.9. The summed E-state index contributed by atoms with van der Waals surface area (Å²) in [5.41, 5.74) is 7.40. The highest BCUT2D eigenvalue weighted by Crippen LogP contribution is 2.31. The highest BCUT2D eigenvalue weighted by molar-refractivity contribution is 6.07. The number of rotatable bonds is 5. The van der Waals surface area contributed by atoms with Crippen molar-refractivity contribution in [2.75, 3.05) is 19.6 Å². The molecule has 0 radical (unpaired) electrons. The Bertz CT molecular complexity index is 1480. The van der Waals surface area contributed by atoms with Gasteiger partial charge in [-0.15, -0.1) is 10.2 Å². The fourth-order valence-corrected chi connectivity index (χ4v) is 5.03. The molecule has 3 aromatic heterocycles. The monoisotopic (exact) mass is 443 g/mol. The third-order valence-corrected chi connectivity index (χ3v) is 6.87. The summed E-state index contributed by atoms with van der Waals surface area (Å²) in [4.78, 5) is 10.7. The van der Waals surface area contributed by atoms with Crippen molar-refractivity contribution < 1.29 is 4.39 Å². The standard InChI is InChI=1S/C25H26FN7/c1-15-13-18(9-12-32-10-3-4-11-32)16(2)21-22(15)27-24-23(21)31-33-20(29-30-25(33)28-24)14-17-5-7-19(26)8-6-17/h5-8,13H,3-4,9-12,14H2,1-2H3,(H,27,28,30). The number of nitrogens with zero attached hydrogens (tertiary/aromatic N) is 6. The van der Waals surface area contributed by atoms with Crippen molar-refractivity contribution in [2.45, 2.75) is 39.5 Å². The molecule has 4 heterocycles. The lowest BCUT2D eigenvalue weighted by molar-refractivity contribution is 0.343. The molecule has 1 fully saturated rings.